The van der Waals surface area contributed by atoms with Crippen molar-refractivity contribution in [2.75, 3.05) is 13.2 Å². The van der Waals surface area contributed by atoms with E-state index in [1.807, 2.05) is 26.0 Å². The molecule has 2 aliphatic rings. The minimum Gasteiger partial charge on any atom is -0.487 e. The molecule has 5 N–H and O–H groups in total. The molecule has 2 rings (SSSR count). The topological polar surface area (TPSA) is 113 Å². The van der Waals surface area contributed by atoms with Gasteiger partial charge in [0.25, 0.3) is 0 Å². The van der Waals surface area contributed by atoms with Crippen LogP contribution in [0, 0.1) is 17.3 Å². The molecule has 1 aliphatic heterocycles. The Bertz CT molecular complexity index is 831. The zero-order valence-electron chi connectivity index (χ0n) is 20.7. The largest absolute Gasteiger partial charge is 0.487 e. The van der Waals surface area contributed by atoms with Gasteiger partial charge in [0.15, 0.2) is 5.17 Å². The van der Waals surface area contributed by atoms with Crippen molar-refractivity contribution >= 4 is 29.6 Å². The molecular weight excluding hydrogens is 434 g/mol. The number of nitrogens with one attached hydrogen (secondary N) is 3. The first-order valence-corrected chi connectivity index (χ1v) is 11.8. The number of aliphatic imine (C=N–C) groups is 1. The predicted octanol–water partition coefficient (Wildman–Crippen LogP) is 4.25. The normalized spacial score (nSPS) is 20.5. The van der Waals surface area contributed by atoms with Crippen LogP contribution in [0.3, 0.4) is 0 Å². The van der Waals surface area contributed by atoms with Crippen LogP contribution >= 0.6 is 11.8 Å². The Labute approximate surface area is 203 Å². The average molecular weight is 474 g/mol. The van der Waals surface area contributed by atoms with E-state index >= 15 is 0 Å². The molecule has 1 heterocycles. The van der Waals surface area contributed by atoms with Crippen LogP contribution in [-0.2, 0) is 9.53 Å². The standard InChI is InChI=1S/C15H21N3OS.C8H12N2O.C2H6/c1-14(2)9-15(3,18-13(16)20-14)11-6-4-5-7-12(8-11)17-10-19;1-2-3-7-11-8-6-10-5-4-9;1-2/h4,6-8,10H,5,9H2,1-3H3,(H2,16,18)(H,17,19);4,6,8-10H,5,7H2,1H3;1-2H3/b;8-6+,9-4?;. The van der Waals surface area contributed by atoms with Gasteiger partial charge in [-0.2, -0.15) is 0 Å². The lowest BCUT2D eigenvalue weighted by atomic mass is 9.83. The Morgan fingerprint density at radius 3 is 2.70 bits per heavy atom. The molecule has 0 aromatic carbocycles. The van der Waals surface area contributed by atoms with Crippen LogP contribution in [-0.4, -0.2) is 41.2 Å². The minimum absolute atomic E-state index is 0.0452. The van der Waals surface area contributed by atoms with Crippen molar-refractivity contribution in [2.45, 2.75) is 64.7 Å². The monoisotopic (exact) mass is 473 g/mol. The van der Waals surface area contributed by atoms with Crippen molar-refractivity contribution in [2.24, 2.45) is 10.7 Å². The van der Waals surface area contributed by atoms with Gasteiger partial charge in [0, 0.05) is 29.4 Å². The van der Waals surface area contributed by atoms with Gasteiger partial charge in [0.05, 0.1) is 5.54 Å². The molecule has 182 valence electrons. The van der Waals surface area contributed by atoms with Gasteiger partial charge in [-0.15, -0.1) is 5.92 Å². The summed E-state index contributed by atoms with van der Waals surface area (Å²) >= 11 is 1.62. The van der Waals surface area contributed by atoms with Crippen molar-refractivity contribution in [3.8, 4) is 11.8 Å². The molecule has 1 unspecified atom stereocenters. The van der Waals surface area contributed by atoms with Gasteiger partial charge >= 0.3 is 0 Å². The highest BCUT2D eigenvalue weighted by Crippen LogP contribution is 2.43. The van der Waals surface area contributed by atoms with E-state index in [0.717, 1.165) is 24.1 Å². The summed E-state index contributed by atoms with van der Waals surface area (Å²) in [5, 5.41) is 12.8. The number of allylic oxidation sites excluding steroid dienone is 3. The summed E-state index contributed by atoms with van der Waals surface area (Å²) in [7, 11) is 0. The summed E-state index contributed by atoms with van der Waals surface area (Å²) in [6.07, 6.45) is 15.0. The molecule has 7 nitrogen and oxygen atoms in total. The Balaban J connectivity index is 0.000000673. The maximum Gasteiger partial charge on any atom is 0.211 e. The quantitative estimate of drug-likeness (QED) is 0.138. The number of carbonyl (C=O) groups excluding carboxylic acids is 1. The molecule has 0 fully saturated rings. The Morgan fingerprint density at radius 2 is 2.09 bits per heavy atom. The van der Waals surface area contributed by atoms with Crippen LogP contribution in [0.1, 0.15) is 54.4 Å². The van der Waals surface area contributed by atoms with E-state index in [1.54, 1.807) is 24.9 Å². The van der Waals surface area contributed by atoms with E-state index in [4.69, 9.17) is 15.9 Å². The molecule has 0 aromatic rings. The number of hydrogen-bond donors (Lipinski definition) is 4. The smallest absolute Gasteiger partial charge is 0.211 e. The highest BCUT2D eigenvalue weighted by atomic mass is 32.2. The van der Waals surface area contributed by atoms with Crippen LogP contribution in [0.15, 0.2) is 53.0 Å². The van der Waals surface area contributed by atoms with Crippen molar-refractivity contribution < 1.29 is 9.53 Å². The van der Waals surface area contributed by atoms with E-state index in [-0.39, 0.29) is 10.3 Å². The summed E-state index contributed by atoms with van der Waals surface area (Å²) in [6, 6.07) is 0. The number of hydrogen-bond acceptors (Lipinski definition) is 7. The zero-order chi connectivity index (χ0) is 25.2. The molecule has 1 atom stereocenters. The molecule has 1 amide bonds. The fourth-order valence-corrected chi connectivity index (χ4v) is 4.34. The maximum absolute atomic E-state index is 10.7. The zero-order valence-corrected chi connectivity index (χ0v) is 21.5. The number of amidine groups is 1. The van der Waals surface area contributed by atoms with Crippen LogP contribution < -0.4 is 16.4 Å². The first-order valence-electron chi connectivity index (χ1n) is 11.0. The van der Waals surface area contributed by atoms with E-state index in [2.05, 4.69) is 60.4 Å². The summed E-state index contributed by atoms with van der Waals surface area (Å²) in [5.74, 6) is 5.45. The molecule has 0 saturated carbocycles. The van der Waals surface area contributed by atoms with Gasteiger partial charge in [0.2, 0.25) is 6.41 Å². The molecule has 0 spiro atoms. The third kappa shape index (κ3) is 12.6. The first-order chi connectivity index (χ1) is 15.8. The summed E-state index contributed by atoms with van der Waals surface area (Å²) in [5.41, 5.74) is 7.53. The predicted molar refractivity (Wildman–Crippen MR) is 142 cm³/mol. The summed E-state index contributed by atoms with van der Waals surface area (Å²) < 4.78 is 4.97. The van der Waals surface area contributed by atoms with E-state index in [0.29, 0.717) is 24.7 Å². The van der Waals surface area contributed by atoms with E-state index < -0.39 is 0 Å². The van der Waals surface area contributed by atoms with Crippen LogP contribution in [0.25, 0.3) is 0 Å². The summed E-state index contributed by atoms with van der Waals surface area (Å²) in [6.45, 7) is 13.2. The van der Waals surface area contributed by atoms with Gasteiger partial charge < -0.3 is 26.5 Å². The molecule has 0 aromatic heterocycles. The number of ether oxygens (including phenoxy) is 1. The molecule has 8 heteroatoms. The lowest BCUT2D eigenvalue weighted by Crippen LogP contribution is -2.41. The number of rotatable bonds is 8. The molecule has 33 heavy (non-hydrogen) atoms. The van der Waals surface area contributed by atoms with Crippen LogP contribution in [0.2, 0.25) is 0 Å². The second-order valence-electron chi connectivity index (χ2n) is 7.57. The number of amides is 1. The van der Waals surface area contributed by atoms with Gasteiger partial charge in [0.1, 0.15) is 12.9 Å². The van der Waals surface area contributed by atoms with Gasteiger partial charge in [-0.05, 0) is 38.3 Å². The lowest BCUT2D eigenvalue weighted by molar-refractivity contribution is -0.108. The number of thioether (sulfide) groups is 1. The maximum atomic E-state index is 10.7. The highest BCUT2D eigenvalue weighted by Gasteiger charge is 2.39. The van der Waals surface area contributed by atoms with Gasteiger partial charge in [-0.1, -0.05) is 63.6 Å². The fourth-order valence-electron chi connectivity index (χ4n) is 3.17. The number of nitrogens with two attached hydrogens (primary N) is 1. The number of nitrogens with zero attached hydrogens (tertiary/aromatic N) is 1. The van der Waals surface area contributed by atoms with Crippen LogP contribution in [0.5, 0.6) is 0 Å². The second-order valence-corrected chi connectivity index (χ2v) is 9.30. The second kappa shape index (κ2) is 16.7. The van der Waals surface area contributed by atoms with Crippen molar-refractivity contribution in [1.82, 2.24) is 10.6 Å². The van der Waals surface area contributed by atoms with E-state index in [1.165, 1.54) is 12.5 Å². The Hall–Kier alpha value is -2.92. The van der Waals surface area contributed by atoms with Crippen molar-refractivity contribution in [1.29, 1.82) is 5.41 Å². The fraction of sp³-hybridized carbons (Fsp3) is 0.480. The van der Waals surface area contributed by atoms with Gasteiger partial charge in [-0.25, -0.2) is 0 Å². The van der Waals surface area contributed by atoms with Crippen LogP contribution in [0.4, 0.5) is 0 Å². The van der Waals surface area contributed by atoms with Crippen molar-refractivity contribution in [3.63, 3.8) is 0 Å². The highest BCUT2D eigenvalue weighted by molar-refractivity contribution is 8.15. The molecule has 1 aliphatic carbocycles. The molecule has 0 radical (unpaired) electrons. The Morgan fingerprint density at radius 1 is 1.36 bits per heavy atom. The summed E-state index contributed by atoms with van der Waals surface area (Å²) in [4.78, 5) is 15.3. The third-order valence-electron chi connectivity index (χ3n) is 4.27. The third-order valence-corrected chi connectivity index (χ3v) is 5.27. The average Bonchev–Trinajstić information content (AvgIpc) is 3.00. The molecular formula is C25H39N5O2S. The number of carbonyl (C=O) groups is 1. The first kappa shape index (κ1) is 30.1. The van der Waals surface area contributed by atoms with Crippen molar-refractivity contribution in [3.05, 3.63) is 48.0 Å². The van der Waals surface area contributed by atoms with E-state index in [9.17, 15) is 4.79 Å². The van der Waals surface area contributed by atoms with Gasteiger partial charge in [-0.3, -0.25) is 9.79 Å². The molecule has 0 saturated heterocycles. The minimum atomic E-state index is -0.358. The Kier molecular flexibility index (Phi) is 15.2. The lowest BCUT2D eigenvalue weighted by Gasteiger charge is -2.39. The molecule has 0 bridgehead atoms. The SMILES string of the molecule is CC.CC#CCO/C=C/NCC=N.CC1(C)CC(C)(C2=CC(NC=O)=CCC=C2)N=C(N)S1.